The molecule has 0 unspecified atom stereocenters. The van der Waals surface area contributed by atoms with E-state index in [1.165, 1.54) is 6.07 Å². The number of carboxylic acids is 1. The molecule has 2 aromatic rings. The first kappa shape index (κ1) is 17.4. The van der Waals surface area contributed by atoms with Crippen molar-refractivity contribution < 1.29 is 28.2 Å². The first-order chi connectivity index (χ1) is 11.8. The van der Waals surface area contributed by atoms with Crippen molar-refractivity contribution in [3.63, 3.8) is 0 Å². The third-order valence-electron chi connectivity index (χ3n) is 4.18. The molecule has 0 spiro atoms. The summed E-state index contributed by atoms with van der Waals surface area (Å²) < 4.78 is 38.7. The molecule has 6 nitrogen and oxygen atoms in total. The molecule has 0 amide bonds. The predicted octanol–water partition coefficient (Wildman–Crippen LogP) is 2.22. The van der Waals surface area contributed by atoms with Crippen molar-refractivity contribution in [2.75, 3.05) is 13.1 Å². The molecule has 0 radical (unpaired) electrons. The fourth-order valence-electron chi connectivity index (χ4n) is 2.92. The summed E-state index contributed by atoms with van der Waals surface area (Å²) in [6.07, 6.45) is -4.46. The van der Waals surface area contributed by atoms with Crippen LogP contribution < -0.4 is 0 Å². The van der Waals surface area contributed by atoms with Gasteiger partial charge in [-0.2, -0.15) is 18.3 Å². The maximum absolute atomic E-state index is 12.9. The van der Waals surface area contributed by atoms with Crippen molar-refractivity contribution in [1.29, 1.82) is 0 Å². The zero-order valence-corrected chi connectivity index (χ0v) is 13.0. The van der Waals surface area contributed by atoms with Crippen molar-refractivity contribution in [2.24, 2.45) is 0 Å². The maximum atomic E-state index is 12.9. The van der Waals surface area contributed by atoms with Gasteiger partial charge < -0.3 is 10.2 Å². The van der Waals surface area contributed by atoms with Crippen LogP contribution in [0.2, 0.25) is 0 Å². The maximum Gasteiger partial charge on any atom is 0.416 e. The molecule has 1 aromatic carbocycles. The number of hydrogen-bond donors (Lipinski definition) is 3. The highest BCUT2D eigenvalue weighted by molar-refractivity contribution is 5.85. The predicted molar refractivity (Wildman–Crippen MR) is 80.9 cm³/mol. The van der Waals surface area contributed by atoms with E-state index in [1.54, 1.807) is 6.07 Å². The molecule has 2 heterocycles. The van der Waals surface area contributed by atoms with E-state index < -0.39 is 24.3 Å². The number of H-pyrrole nitrogens is 1. The van der Waals surface area contributed by atoms with Crippen LogP contribution in [0.1, 0.15) is 38.8 Å². The van der Waals surface area contributed by atoms with Gasteiger partial charge in [0.1, 0.15) is 0 Å². The standard InChI is InChI=1S/C16H16F3N3O3/c17-16(18,19)12-2-9(1-10(3-12)8-23)5-22-6-11(7-22)13-4-14(15(24)25)21-20-13/h1-4,11,23H,5-8H2,(H,20,21)(H,24,25). The Kier molecular flexibility index (Phi) is 4.53. The third kappa shape index (κ3) is 3.83. The average Bonchev–Trinajstić information content (AvgIpc) is 2.99. The molecule has 3 rings (SSSR count). The Morgan fingerprint density at radius 3 is 2.48 bits per heavy atom. The first-order valence-electron chi connectivity index (χ1n) is 7.58. The summed E-state index contributed by atoms with van der Waals surface area (Å²) in [4.78, 5) is 12.8. The Morgan fingerprint density at radius 2 is 1.92 bits per heavy atom. The minimum Gasteiger partial charge on any atom is -0.476 e. The number of aromatic amines is 1. The van der Waals surface area contributed by atoms with Crippen LogP contribution in [0.3, 0.4) is 0 Å². The Morgan fingerprint density at radius 1 is 1.24 bits per heavy atom. The Bertz CT molecular complexity index is 782. The van der Waals surface area contributed by atoms with Crippen LogP contribution in [0.5, 0.6) is 0 Å². The topological polar surface area (TPSA) is 89.5 Å². The number of alkyl halides is 3. The Labute approximate surface area is 140 Å². The highest BCUT2D eigenvalue weighted by atomic mass is 19.4. The van der Waals surface area contributed by atoms with Crippen LogP contribution in [0, 0.1) is 0 Å². The van der Waals surface area contributed by atoms with Gasteiger partial charge in [0.25, 0.3) is 0 Å². The lowest BCUT2D eigenvalue weighted by molar-refractivity contribution is -0.137. The summed E-state index contributed by atoms with van der Waals surface area (Å²) in [5, 5.41) is 24.4. The average molecular weight is 355 g/mol. The van der Waals surface area contributed by atoms with Crippen LogP contribution in [-0.4, -0.2) is 44.4 Å². The van der Waals surface area contributed by atoms with Crippen LogP contribution >= 0.6 is 0 Å². The number of hydrogen-bond acceptors (Lipinski definition) is 4. The van der Waals surface area contributed by atoms with Gasteiger partial charge in [-0.15, -0.1) is 0 Å². The molecule has 1 fully saturated rings. The highest BCUT2D eigenvalue weighted by Crippen LogP contribution is 2.32. The molecule has 9 heteroatoms. The Hall–Kier alpha value is -2.39. The summed E-state index contributed by atoms with van der Waals surface area (Å²) >= 11 is 0. The van der Waals surface area contributed by atoms with Crippen molar-refractivity contribution in [3.8, 4) is 0 Å². The normalized spacial score (nSPS) is 16.0. The Balaban J connectivity index is 1.65. The summed E-state index contributed by atoms with van der Waals surface area (Å²) in [5.74, 6) is -1.04. The van der Waals surface area contributed by atoms with E-state index >= 15 is 0 Å². The third-order valence-corrected chi connectivity index (χ3v) is 4.18. The van der Waals surface area contributed by atoms with Gasteiger partial charge in [-0.05, 0) is 29.3 Å². The van der Waals surface area contributed by atoms with E-state index in [9.17, 15) is 18.0 Å². The molecule has 25 heavy (non-hydrogen) atoms. The van der Waals surface area contributed by atoms with Gasteiger partial charge in [-0.1, -0.05) is 6.07 Å². The lowest BCUT2D eigenvalue weighted by Gasteiger charge is -2.38. The summed E-state index contributed by atoms with van der Waals surface area (Å²) in [6, 6.07) is 5.06. The number of carboxylic acid groups (broad SMARTS) is 1. The lowest BCUT2D eigenvalue weighted by Crippen LogP contribution is -2.44. The number of nitrogens with one attached hydrogen (secondary N) is 1. The van der Waals surface area contributed by atoms with E-state index in [1.807, 2.05) is 4.90 Å². The summed E-state index contributed by atoms with van der Waals surface area (Å²) in [7, 11) is 0. The number of likely N-dealkylation sites (tertiary alicyclic amines) is 1. The largest absolute Gasteiger partial charge is 0.476 e. The van der Waals surface area contributed by atoms with Crippen molar-refractivity contribution >= 4 is 5.97 Å². The number of aromatic carboxylic acids is 1. The zero-order valence-electron chi connectivity index (χ0n) is 13.0. The fraction of sp³-hybridized carbons (Fsp3) is 0.375. The lowest BCUT2D eigenvalue weighted by atomic mass is 9.95. The SMILES string of the molecule is O=C(O)c1cc(C2CN(Cc3cc(CO)cc(C(F)(F)F)c3)C2)[nH]n1. The highest BCUT2D eigenvalue weighted by Gasteiger charge is 2.33. The molecule has 134 valence electrons. The van der Waals surface area contributed by atoms with Gasteiger partial charge in [0.05, 0.1) is 12.2 Å². The summed E-state index contributed by atoms with van der Waals surface area (Å²) in [6.45, 7) is 1.05. The van der Waals surface area contributed by atoms with E-state index in [0.29, 0.717) is 30.9 Å². The van der Waals surface area contributed by atoms with Crippen LogP contribution in [0.15, 0.2) is 24.3 Å². The van der Waals surface area contributed by atoms with Crippen molar-refractivity contribution in [3.05, 3.63) is 52.3 Å². The van der Waals surface area contributed by atoms with E-state index in [0.717, 1.165) is 12.1 Å². The molecule has 1 aliphatic heterocycles. The fourth-order valence-corrected chi connectivity index (χ4v) is 2.92. The minimum absolute atomic E-state index is 0.0566. The van der Waals surface area contributed by atoms with Gasteiger partial charge in [-0.3, -0.25) is 10.00 Å². The van der Waals surface area contributed by atoms with Crippen molar-refractivity contribution in [1.82, 2.24) is 15.1 Å². The molecule has 3 N–H and O–H groups in total. The zero-order chi connectivity index (χ0) is 18.2. The molecular formula is C16H16F3N3O3. The number of carbonyl (C=O) groups is 1. The first-order valence-corrected chi connectivity index (χ1v) is 7.58. The number of nitrogens with zero attached hydrogens (tertiary/aromatic N) is 2. The van der Waals surface area contributed by atoms with Gasteiger partial charge in [0.15, 0.2) is 5.69 Å². The number of rotatable bonds is 5. The molecule has 0 aliphatic carbocycles. The molecule has 1 saturated heterocycles. The number of aliphatic hydroxyl groups is 1. The van der Waals surface area contributed by atoms with Crippen molar-refractivity contribution in [2.45, 2.75) is 25.2 Å². The van der Waals surface area contributed by atoms with E-state index in [4.69, 9.17) is 10.2 Å². The number of benzene rings is 1. The van der Waals surface area contributed by atoms with Gasteiger partial charge in [0.2, 0.25) is 0 Å². The van der Waals surface area contributed by atoms with E-state index in [2.05, 4.69) is 10.2 Å². The van der Waals surface area contributed by atoms with Gasteiger partial charge in [-0.25, -0.2) is 4.79 Å². The number of aliphatic hydroxyl groups excluding tert-OH is 1. The van der Waals surface area contributed by atoms with Crippen LogP contribution in [0.4, 0.5) is 13.2 Å². The van der Waals surface area contributed by atoms with Crippen LogP contribution in [0.25, 0.3) is 0 Å². The van der Waals surface area contributed by atoms with Gasteiger partial charge >= 0.3 is 12.1 Å². The van der Waals surface area contributed by atoms with E-state index in [-0.39, 0.29) is 17.2 Å². The van der Waals surface area contributed by atoms with Crippen LogP contribution in [-0.2, 0) is 19.3 Å². The minimum atomic E-state index is -4.46. The molecule has 1 aromatic heterocycles. The monoisotopic (exact) mass is 355 g/mol. The van der Waals surface area contributed by atoms with Gasteiger partial charge in [0, 0.05) is 31.2 Å². The second kappa shape index (κ2) is 6.49. The summed E-state index contributed by atoms with van der Waals surface area (Å²) in [5.41, 5.74) is 0.577. The second-order valence-corrected chi connectivity index (χ2v) is 6.10. The smallest absolute Gasteiger partial charge is 0.416 e. The molecule has 0 atom stereocenters. The second-order valence-electron chi connectivity index (χ2n) is 6.10. The molecule has 0 bridgehead atoms. The molecule has 0 saturated carbocycles. The number of aromatic nitrogens is 2. The molecule has 1 aliphatic rings. The quantitative estimate of drug-likeness (QED) is 0.765. The molecular weight excluding hydrogens is 339 g/mol. The number of halogens is 3.